The quantitative estimate of drug-likeness (QED) is 0.628. The number of benzene rings is 1. The van der Waals surface area contributed by atoms with Crippen LogP contribution in [0.25, 0.3) is 0 Å². The van der Waals surface area contributed by atoms with Gasteiger partial charge in [0, 0.05) is 6.04 Å². The van der Waals surface area contributed by atoms with Crippen molar-refractivity contribution in [3.05, 3.63) is 47.5 Å². The molecule has 0 bridgehead atoms. The molecule has 1 aliphatic carbocycles. The Morgan fingerprint density at radius 3 is 2.25 bits per heavy atom. The van der Waals surface area contributed by atoms with E-state index in [1.165, 1.54) is 0 Å². The number of nitrogens with zero attached hydrogens (tertiary/aromatic N) is 1. The number of carbonyl (C=O) groups is 3. The summed E-state index contributed by atoms with van der Waals surface area (Å²) in [6.07, 6.45) is 3.56. The van der Waals surface area contributed by atoms with Crippen molar-refractivity contribution in [2.45, 2.75) is 12.5 Å². The molecule has 6 nitrogen and oxygen atoms in total. The zero-order valence-corrected chi connectivity index (χ0v) is 10.4. The van der Waals surface area contributed by atoms with E-state index in [9.17, 15) is 14.4 Å². The topological polar surface area (TPSA) is 86.7 Å². The second kappa shape index (κ2) is 4.57. The second-order valence-electron chi connectivity index (χ2n) is 4.79. The SMILES string of the molecule is O=C(O)[C@@H]1C=C[C@H](NN2C(=O)c3ccccc3C2=O)C1. The molecule has 0 saturated heterocycles. The Hall–Kier alpha value is -2.47. The Morgan fingerprint density at radius 1 is 1.15 bits per heavy atom. The summed E-state index contributed by atoms with van der Waals surface area (Å²) in [5, 5.41) is 9.87. The zero-order valence-electron chi connectivity index (χ0n) is 10.4. The standard InChI is InChI=1S/C14H12N2O4/c17-12-10-3-1-2-4-11(10)13(18)16(12)15-9-6-5-8(7-9)14(19)20/h1-6,8-9,15H,7H2,(H,19,20)/t8-,9+/m1/s1. The fraction of sp³-hybridized carbons (Fsp3) is 0.214. The van der Waals surface area contributed by atoms with Crippen LogP contribution < -0.4 is 5.43 Å². The maximum atomic E-state index is 12.1. The normalized spacial score (nSPS) is 24.3. The summed E-state index contributed by atoms with van der Waals surface area (Å²) in [6, 6.07) is 6.26. The fourth-order valence-corrected chi connectivity index (χ4v) is 2.45. The van der Waals surface area contributed by atoms with Crippen molar-refractivity contribution in [3.63, 3.8) is 0 Å². The summed E-state index contributed by atoms with van der Waals surface area (Å²) in [5.41, 5.74) is 3.52. The van der Waals surface area contributed by atoms with Crippen LogP contribution in [0.15, 0.2) is 36.4 Å². The molecule has 2 N–H and O–H groups in total. The van der Waals surface area contributed by atoms with Gasteiger partial charge < -0.3 is 5.11 Å². The zero-order chi connectivity index (χ0) is 14.3. The number of hydrogen-bond acceptors (Lipinski definition) is 4. The lowest BCUT2D eigenvalue weighted by molar-refractivity contribution is -0.140. The lowest BCUT2D eigenvalue weighted by Crippen LogP contribution is -2.47. The maximum absolute atomic E-state index is 12.1. The molecule has 102 valence electrons. The third kappa shape index (κ3) is 1.90. The van der Waals surface area contributed by atoms with Gasteiger partial charge >= 0.3 is 5.97 Å². The van der Waals surface area contributed by atoms with E-state index in [-0.39, 0.29) is 6.04 Å². The smallest absolute Gasteiger partial charge is 0.310 e. The Bertz CT molecular complexity index is 603. The van der Waals surface area contributed by atoms with Gasteiger partial charge in [-0.05, 0) is 18.6 Å². The molecule has 0 unspecified atom stereocenters. The van der Waals surface area contributed by atoms with Gasteiger partial charge in [-0.1, -0.05) is 24.3 Å². The van der Waals surface area contributed by atoms with Crippen LogP contribution in [-0.2, 0) is 4.79 Å². The highest BCUT2D eigenvalue weighted by atomic mass is 16.4. The number of aliphatic carboxylic acids is 1. The first kappa shape index (κ1) is 12.6. The summed E-state index contributed by atoms with van der Waals surface area (Å²) in [4.78, 5) is 35.1. The molecule has 3 rings (SSSR count). The maximum Gasteiger partial charge on any atom is 0.310 e. The Kier molecular flexibility index (Phi) is 2.87. The van der Waals surface area contributed by atoms with Gasteiger partial charge in [0.15, 0.2) is 0 Å². The molecule has 0 spiro atoms. The van der Waals surface area contributed by atoms with E-state index >= 15 is 0 Å². The molecule has 0 fully saturated rings. The van der Waals surface area contributed by atoms with Crippen molar-refractivity contribution < 1.29 is 19.5 Å². The summed E-state index contributed by atoms with van der Waals surface area (Å²) < 4.78 is 0. The molecule has 20 heavy (non-hydrogen) atoms. The third-order valence-electron chi connectivity index (χ3n) is 3.49. The molecular weight excluding hydrogens is 260 g/mol. The predicted molar refractivity (Wildman–Crippen MR) is 68.7 cm³/mol. The van der Waals surface area contributed by atoms with Crippen LogP contribution in [0.1, 0.15) is 27.1 Å². The van der Waals surface area contributed by atoms with Gasteiger partial charge in [0.1, 0.15) is 0 Å². The number of fused-ring (bicyclic) bond motifs is 1. The lowest BCUT2D eigenvalue weighted by atomic mass is 10.1. The van der Waals surface area contributed by atoms with E-state index in [1.807, 2.05) is 0 Å². The van der Waals surface area contributed by atoms with Crippen molar-refractivity contribution in [3.8, 4) is 0 Å². The summed E-state index contributed by atoms with van der Waals surface area (Å²) in [7, 11) is 0. The molecule has 0 aromatic heterocycles. The Labute approximate surface area is 114 Å². The molecule has 1 heterocycles. The van der Waals surface area contributed by atoms with Crippen LogP contribution in [0.2, 0.25) is 0 Å². The van der Waals surface area contributed by atoms with E-state index in [0.717, 1.165) is 5.01 Å². The number of hydrogen-bond donors (Lipinski definition) is 2. The number of imide groups is 1. The molecular formula is C14H12N2O4. The largest absolute Gasteiger partial charge is 0.481 e. The van der Waals surface area contributed by atoms with Crippen LogP contribution in [0, 0.1) is 5.92 Å². The summed E-state index contributed by atoms with van der Waals surface area (Å²) in [6.45, 7) is 0. The Balaban J connectivity index is 1.75. The van der Waals surface area contributed by atoms with Crippen LogP contribution in [-0.4, -0.2) is 33.9 Å². The van der Waals surface area contributed by atoms with Crippen LogP contribution >= 0.6 is 0 Å². The number of amides is 2. The van der Waals surface area contributed by atoms with Crippen molar-refractivity contribution in [1.29, 1.82) is 0 Å². The summed E-state index contributed by atoms with van der Waals surface area (Å²) in [5.74, 6) is -2.30. The van der Waals surface area contributed by atoms with E-state index in [4.69, 9.17) is 5.11 Å². The molecule has 1 aliphatic heterocycles. The number of carboxylic acid groups (broad SMARTS) is 1. The predicted octanol–water partition coefficient (Wildman–Crippen LogP) is 0.816. The highest BCUT2D eigenvalue weighted by molar-refractivity contribution is 6.20. The Morgan fingerprint density at radius 2 is 1.75 bits per heavy atom. The van der Waals surface area contributed by atoms with E-state index in [1.54, 1.807) is 36.4 Å². The lowest BCUT2D eigenvalue weighted by Gasteiger charge is -2.20. The number of rotatable bonds is 3. The number of carbonyl (C=O) groups excluding carboxylic acids is 2. The highest BCUT2D eigenvalue weighted by Gasteiger charge is 2.37. The van der Waals surface area contributed by atoms with Gasteiger partial charge in [0.2, 0.25) is 0 Å². The van der Waals surface area contributed by atoms with Crippen LogP contribution in [0.3, 0.4) is 0 Å². The average Bonchev–Trinajstić information content (AvgIpc) is 3.00. The summed E-state index contributed by atoms with van der Waals surface area (Å²) >= 11 is 0. The van der Waals surface area contributed by atoms with Crippen molar-refractivity contribution >= 4 is 17.8 Å². The molecule has 2 aliphatic rings. The molecule has 2 amide bonds. The molecule has 2 atom stereocenters. The molecule has 1 aromatic carbocycles. The van der Waals surface area contributed by atoms with Gasteiger partial charge in [0.05, 0.1) is 17.0 Å². The fourth-order valence-electron chi connectivity index (χ4n) is 2.45. The van der Waals surface area contributed by atoms with Gasteiger partial charge in [-0.2, -0.15) is 0 Å². The number of carboxylic acids is 1. The van der Waals surface area contributed by atoms with E-state index in [2.05, 4.69) is 5.43 Å². The monoisotopic (exact) mass is 272 g/mol. The van der Waals surface area contributed by atoms with E-state index in [0.29, 0.717) is 17.5 Å². The first-order chi connectivity index (χ1) is 9.58. The van der Waals surface area contributed by atoms with Gasteiger partial charge in [-0.25, -0.2) is 10.4 Å². The molecule has 6 heteroatoms. The van der Waals surface area contributed by atoms with Crippen LogP contribution in [0.4, 0.5) is 0 Å². The minimum Gasteiger partial charge on any atom is -0.481 e. The average molecular weight is 272 g/mol. The number of hydrazine groups is 1. The minimum absolute atomic E-state index is 0.322. The van der Waals surface area contributed by atoms with Gasteiger partial charge in [0.25, 0.3) is 11.8 Å². The molecule has 0 radical (unpaired) electrons. The third-order valence-corrected chi connectivity index (χ3v) is 3.49. The minimum atomic E-state index is -0.909. The first-order valence-corrected chi connectivity index (χ1v) is 6.23. The first-order valence-electron chi connectivity index (χ1n) is 6.23. The second-order valence-corrected chi connectivity index (χ2v) is 4.79. The van der Waals surface area contributed by atoms with Gasteiger partial charge in [-0.3, -0.25) is 14.4 Å². The molecule has 0 saturated carbocycles. The van der Waals surface area contributed by atoms with Crippen molar-refractivity contribution in [1.82, 2.24) is 10.4 Å². The van der Waals surface area contributed by atoms with Crippen molar-refractivity contribution in [2.75, 3.05) is 0 Å². The number of nitrogens with one attached hydrogen (secondary N) is 1. The highest BCUT2D eigenvalue weighted by Crippen LogP contribution is 2.23. The van der Waals surface area contributed by atoms with Crippen molar-refractivity contribution in [2.24, 2.45) is 5.92 Å². The van der Waals surface area contributed by atoms with E-state index < -0.39 is 23.7 Å². The molecule has 1 aromatic rings. The van der Waals surface area contributed by atoms with Gasteiger partial charge in [-0.15, -0.1) is 0 Å². The van der Waals surface area contributed by atoms with Crippen LogP contribution in [0.5, 0.6) is 0 Å².